The first-order valence-electron chi connectivity index (χ1n) is 4.18. The first-order chi connectivity index (χ1) is 7.16. The summed E-state index contributed by atoms with van der Waals surface area (Å²) in [6.07, 6.45) is 2.49. The Labute approximate surface area is 90.3 Å². The third kappa shape index (κ3) is 2.02. The van der Waals surface area contributed by atoms with E-state index < -0.39 is 11.0 Å². The van der Waals surface area contributed by atoms with Gasteiger partial charge in [-0.1, -0.05) is 11.6 Å². The van der Waals surface area contributed by atoms with Gasteiger partial charge in [0.2, 0.25) is 0 Å². The zero-order valence-electron chi connectivity index (χ0n) is 7.50. The van der Waals surface area contributed by atoms with Crippen molar-refractivity contribution >= 4 is 35.4 Å². The number of hydrogen-bond donors (Lipinski definition) is 0. The molecule has 0 bridgehead atoms. The first-order valence-corrected chi connectivity index (χ1v) is 4.56. The highest BCUT2D eigenvalue weighted by atomic mass is 35.5. The van der Waals surface area contributed by atoms with Crippen LogP contribution >= 0.6 is 11.6 Å². The minimum atomic E-state index is -0.976. The van der Waals surface area contributed by atoms with Crippen molar-refractivity contribution in [3.8, 4) is 0 Å². The molecule has 0 fully saturated rings. The van der Waals surface area contributed by atoms with Gasteiger partial charge in [-0.2, -0.15) is 0 Å². The minimum absolute atomic E-state index is 0.458. The van der Waals surface area contributed by atoms with Crippen LogP contribution < -0.4 is 0 Å². The quantitative estimate of drug-likeness (QED) is 0.542. The highest BCUT2D eigenvalue weighted by Crippen LogP contribution is 2.31. The van der Waals surface area contributed by atoms with Crippen LogP contribution in [0, 0.1) is 10.1 Å². The predicted octanol–water partition coefficient (Wildman–Crippen LogP) is 2.40. The molecule has 0 aromatic heterocycles. The van der Waals surface area contributed by atoms with E-state index in [-0.39, 0.29) is 0 Å². The molecule has 0 saturated carbocycles. The normalized spacial score (nSPS) is 18.3. The summed E-state index contributed by atoms with van der Waals surface area (Å²) in [5.41, 5.74) is 1.13. The molecule has 0 spiro atoms. The highest BCUT2D eigenvalue weighted by Gasteiger charge is 2.16. The van der Waals surface area contributed by atoms with Gasteiger partial charge in [0.05, 0.1) is 23.8 Å². The number of nitro groups is 1. The van der Waals surface area contributed by atoms with E-state index in [1.807, 2.05) is 0 Å². The molecule has 1 aromatic carbocycles. The van der Waals surface area contributed by atoms with Gasteiger partial charge in [-0.15, -0.1) is 0 Å². The van der Waals surface area contributed by atoms with Gasteiger partial charge in [-0.3, -0.25) is 20.1 Å². The summed E-state index contributed by atoms with van der Waals surface area (Å²) in [5, 5.41) is 11.1. The Balaban J connectivity index is 2.44. The molecule has 0 amide bonds. The average Bonchev–Trinajstić information content (AvgIpc) is 2.39. The summed E-state index contributed by atoms with van der Waals surface area (Å²) < 4.78 is 0. The first kappa shape index (κ1) is 9.79. The Morgan fingerprint density at radius 3 is 2.60 bits per heavy atom. The molecule has 76 valence electrons. The molecule has 1 aromatic rings. The van der Waals surface area contributed by atoms with Crippen molar-refractivity contribution in [1.82, 2.24) is 0 Å². The Morgan fingerprint density at radius 1 is 1.27 bits per heavy atom. The van der Waals surface area contributed by atoms with Gasteiger partial charge in [-0.05, 0) is 18.2 Å². The zero-order valence-corrected chi connectivity index (χ0v) is 8.26. The van der Waals surface area contributed by atoms with Crippen LogP contribution in [-0.2, 0) is 0 Å². The maximum Gasteiger partial charge on any atom is 0.282 e. The van der Waals surface area contributed by atoms with Gasteiger partial charge in [0.1, 0.15) is 0 Å². The Morgan fingerprint density at radius 2 is 1.93 bits per heavy atom. The van der Waals surface area contributed by atoms with Crippen LogP contribution in [0.4, 0.5) is 11.4 Å². The molecular formula is C9H6ClN3O2. The second-order valence-corrected chi connectivity index (χ2v) is 3.40. The van der Waals surface area contributed by atoms with Crippen molar-refractivity contribution in [2.75, 3.05) is 0 Å². The molecule has 1 aliphatic rings. The van der Waals surface area contributed by atoms with Crippen molar-refractivity contribution in [3.05, 3.63) is 33.3 Å². The van der Waals surface area contributed by atoms with E-state index in [0.29, 0.717) is 16.4 Å². The van der Waals surface area contributed by atoms with Crippen molar-refractivity contribution in [3.63, 3.8) is 0 Å². The lowest BCUT2D eigenvalue weighted by atomic mass is 10.3. The molecule has 1 unspecified atom stereocenters. The maximum atomic E-state index is 10.5. The van der Waals surface area contributed by atoms with Crippen molar-refractivity contribution in [2.45, 2.75) is 6.04 Å². The van der Waals surface area contributed by atoms with Crippen LogP contribution in [0.25, 0.3) is 0 Å². The molecule has 2 rings (SSSR count). The average molecular weight is 224 g/mol. The van der Waals surface area contributed by atoms with Crippen LogP contribution in [0.1, 0.15) is 0 Å². The Bertz CT molecular complexity index is 470. The SMILES string of the molecule is O=[N+]([O-])C1C=Nc2ccc(Cl)cc2N=C1. The van der Waals surface area contributed by atoms with E-state index in [4.69, 9.17) is 11.6 Å². The standard InChI is InChI=1S/C9H6ClN3O2/c10-6-1-2-8-9(3-6)12-5-7(4-11-8)13(14)15/h1-5,7H. The number of nitrogens with zero attached hydrogens (tertiary/aromatic N) is 3. The van der Waals surface area contributed by atoms with Crippen LogP contribution in [0.5, 0.6) is 0 Å². The van der Waals surface area contributed by atoms with Crippen LogP contribution in [-0.4, -0.2) is 23.4 Å². The van der Waals surface area contributed by atoms with Crippen molar-refractivity contribution < 1.29 is 4.92 Å². The van der Waals surface area contributed by atoms with Gasteiger partial charge < -0.3 is 0 Å². The molecule has 5 nitrogen and oxygen atoms in total. The Hall–Kier alpha value is -1.75. The summed E-state index contributed by atoms with van der Waals surface area (Å²) in [4.78, 5) is 18.0. The fourth-order valence-corrected chi connectivity index (χ4v) is 1.34. The van der Waals surface area contributed by atoms with Gasteiger partial charge >= 0.3 is 0 Å². The van der Waals surface area contributed by atoms with Gasteiger partial charge in [0, 0.05) is 9.95 Å². The van der Waals surface area contributed by atoms with Crippen molar-refractivity contribution in [1.29, 1.82) is 0 Å². The number of fused-ring (bicyclic) bond motifs is 1. The van der Waals surface area contributed by atoms with Gasteiger partial charge in [0.25, 0.3) is 6.04 Å². The highest BCUT2D eigenvalue weighted by molar-refractivity contribution is 6.31. The molecular weight excluding hydrogens is 218 g/mol. The number of aliphatic imine (C=N–C) groups is 2. The molecule has 15 heavy (non-hydrogen) atoms. The van der Waals surface area contributed by atoms with E-state index in [0.717, 1.165) is 0 Å². The number of rotatable bonds is 1. The molecule has 1 atom stereocenters. The topological polar surface area (TPSA) is 67.9 Å². The predicted molar refractivity (Wildman–Crippen MR) is 58.5 cm³/mol. The summed E-state index contributed by atoms with van der Waals surface area (Å²) in [6, 6.07) is 3.98. The third-order valence-electron chi connectivity index (χ3n) is 1.91. The summed E-state index contributed by atoms with van der Waals surface area (Å²) in [7, 11) is 0. The molecule has 0 saturated heterocycles. The summed E-state index contributed by atoms with van der Waals surface area (Å²) in [6.45, 7) is 0. The fraction of sp³-hybridized carbons (Fsp3) is 0.111. The summed E-state index contributed by atoms with van der Waals surface area (Å²) in [5.74, 6) is 0. The van der Waals surface area contributed by atoms with E-state index in [1.165, 1.54) is 12.4 Å². The Kier molecular flexibility index (Phi) is 2.47. The molecule has 0 radical (unpaired) electrons. The van der Waals surface area contributed by atoms with E-state index in [1.54, 1.807) is 18.2 Å². The van der Waals surface area contributed by atoms with Gasteiger partial charge in [0.15, 0.2) is 0 Å². The van der Waals surface area contributed by atoms with Crippen LogP contribution in [0.2, 0.25) is 5.02 Å². The number of benzene rings is 1. The van der Waals surface area contributed by atoms with Crippen LogP contribution in [0.15, 0.2) is 28.2 Å². The second-order valence-electron chi connectivity index (χ2n) is 2.97. The molecule has 1 heterocycles. The maximum absolute atomic E-state index is 10.5. The molecule has 0 aliphatic carbocycles. The van der Waals surface area contributed by atoms with E-state index in [2.05, 4.69) is 9.98 Å². The lowest BCUT2D eigenvalue weighted by Crippen LogP contribution is -2.21. The molecule has 1 aliphatic heterocycles. The third-order valence-corrected chi connectivity index (χ3v) is 2.15. The van der Waals surface area contributed by atoms with Crippen molar-refractivity contribution in [2.24, 2.45) is 9.98 Å². The summed E-state index contributed by atoms with van der Waals surface area (Å²) >= 11 is 5.77. The number of halogens is 1. The second kappa shape index (κ2) is 3.78. The largest absolute Gasteiger partial charge is 0.282 e. The fourth-order valence-electron chi connectivity index (χ4n) is 1.17. The van der Waals surface area contributed by atoms with E-state index >= 15 is 0 Å². The van der Waals surface area contributed by atoms with Gasteiger partial charge in [-0.25, -0.2) is 0 Å². The smallest absolute Gasteiger partial charge is 0.263 e. The lowest BCUT2D eigenvalue weighted by Gasteiger charge is -1.97. The molecule has 0 N–H and O–H groups in total. The van der Waals surface area contributed by atoms with E-state index in [9.17, 15) is 10.1 Å². The molecule has 6 heteroatoms. The zero-order chi connectivity index (χ0) is 10.8. The lowest BCUT2D eigenvalue weighted by molar-refractivity contribution is -0.481. The monoisotopic (exact) mass is 223 g/mol. The number of hydrogen-bond acceptors (Lipinski definition) is 4. The minimum Gasteiger partial charge on any atom is -0.263 e. The van der Waals surface area contributed by atoms with Crippen LogP contribution in [0.3, 0.4) is 0 Å².